The van der Waals surface area contributed by atoms with Gasteiger partial charge in [0.05, 0.1) is 6.26 Å². The Kier molecular flexibility index (Phi) is 9.42. The van der Waals surface area contributed by atoms with Gasteiger partial charge in [0, 0.05) is 13.0 Å². The van der Waals surface area contributed by atoms with Gasteiger partial charge in [-0.15, -0.1) is 0 Å². The molecule has 0 bridgehead atoms. The number of hydrogen-bond donors (Lipinski definition) is 0. The molecule has 0 aromatic carbocycles. The van der Waals surface area contributed by atoms with Gasteiger partial charge in [0.15, 0.2) is 0 Å². The van der Waals surface area contributed by atoms with E-state index in [0.717, 1.165) is 25.5 Å². The van der Waals surface area contributed by atoms with Crippen molar-refractivity contribution in [2.24, 2.45) is 5.92 Å². The van der Waals surface area contributed by atoms with Crippen molar-refractivity contribution >= 4 is 11.9 Å². The molecule has 1 saturated carbocycles. The van der Waals surface area contributed by atoms with Gasteiger partial charge < -0.3 is 9.47 Å². The normalized spacial score (nSPS) is 15.8. The minimum atomic E-state index is -0.329. The highest BCUT2D eigenvalue weighted by atomic mass is 16.6. The summed E-state index contributed by atoms with van der Waals surface area (Å²) >= 11 is 0. The standard InChI is InChI=1S/C13H22O2.C4H6O2/c1-4-7-8-11(5-2)13(9-10-13)15-12(14)6-3;1-3-6-4(2)5/h6,11H,3-5,7-10H2,1-2H3;3H,1H2,2H3. The molecule has 0 aromatic heterocycles. The number of hydrogen-bond acceptors (Lipinski definition) is 4. The summed E-state index contributed by atoms with van der Waals surface area (Å²) in [6.07, 6.45) is 9.16. The Morgan fingerprint density at radius 1 is 1.29 bits per heavy atom. The predicted molar refractivity (Wildman–Crippen MR) is 83.5 cm³/mol. The maximum atomic E-state index is 11.2. The fourth-order valence-corrected chi connectivity index (χ4v) is 2.37. The van der Waals surface area contributed by atoms with E-state index < -0.39 is 0 Å². The first-order valence-electron chi connectivity index (χ1n) is 7.59. The summed E-state index contributed by atoms with van der Waals surface area (Å²) in [4.78, 5) is 21.0. The zero-order valence-corrected chi connectivity index (χ0v) is 13.5. The molecule has 0 spiro atoms. The van der Waals surface area contributed by atoms with Crippen molar-refractivity contribution in [3.05, 3.63) is 25.5 Å². The molecule has 0 radical (unpaired) electrons. The van der Waals surface area contributed by atoms with Gasteiger partial charge in [0.1, 0.15) is 5.60 Å². The summed E-state index contributed by atoms with van der Waals surface area (Å²) in [6.45, 7) is 12.3. The van der Waals surface area contributed by atoms with E-state index in [1.165, 1.54) is 32.3 Å². The molecule has 4 heteroatoms. The van der Waals surface area contributed by atoms with Gasteiger partial charge in [0.25, 0.3) is 0 Å². The summed E-state index contributed by atoms with van der Waals surface area (Å²) in [5.74, 6) is -0.0474. The van der Waals surface area contributed by atoms with Gasteiger partial charge in [-0.05, 0) is 31.6 Å². The SMILES string of the molecule is C=CC(=O)OC1(C(CC)CCCC)CC1.C=COC(C)=O. The molecule has 1 aliphatic carbocycles. The Morgan fingerprint density at radius 2 is 1.90 bits per heavy atom. The fourth-order valence-electron chi connectivity index (χ4n) is 2.37. The zero-order valence-electron chi connectivity index (χ0n) is 13.5. The van der Waals surface area contributed by atoms with Crippen LogP contribution in [-0.2, 0) is 19.1 Å². The summed E-state index contributed by atoms with van der Waals surface area (Å²) in [7, 11) is 0. The third-order valence-electron chi connectivity index (χ3n) is 3.61. The average molecular weight is 296 g/mol. The van der Waals surface area contributed by atoms with Gasteiger partial charge in [-0.2, -0.15) is 0 Å². The van der Waals surface area contributed by atoms with Crippen LogP contribution in [0.5, 0.6) is 0 Å². The van der Waals surface area contributed by atoms with Crippen LogP contribution in [0.2, 0.25) is 0 Å². The molecular weight excluding hydrogens is 268 g/mol. The molecular formula is C17H28O4. The zero-order chi connectivity index (χ0) is 16.3. The van der Waals surface area contributed by atoms with E-state index in [0.29, 0.717) is 5.92 Å². The van der Waals surface area contributed by atoms with Crippen LogP contribution in [0.15, 0.2) is 25.5 Å². The molecule has 0 heterocycles. The van der Waals surface area contributed by atoms with Crippen LogP contribution >= 0.6 is 0 Å². The lowest BCUT2D eigenvalue weighted by atomic mass is 9.91. The highest BCUT2D eigenvalue weighted by Crippen LogP contribution is 2.49. The highest BCUT2D eigenvalue weighted by Gasteiger charge is 2.51. The van der Waals surface area contributed by atoms with Crippen LogP contribution in [0, 0.1) is 5.92 Å². The molecule has 0 aliphatic heterocycles. The Balaban J connectivity index is 0.000000567. The second-order valence-electron chi connectivity index (χ2n) is 5.21. The van der Waals surface area contributed by atoms with Crippen molar-refractivity contribution in [3.8, 4) is 0 Å². The Bertz CT molecular complexity index is 356. The number of unbranched alkanes of at least 4 members (excludes halogenated alkanes) is 1. The minimum absolute atomic E-state index is 0.130. The van der Waals surface area contributed by atoms with Crippen LogP contribution < -0.4 is 0 Å². The third-order valence-corrected chi connectivity index (χ3v) is 3.61. The number of rotatable bonds is 8. The van der Waals surface area contributed by atoms with E-state index in [1.54, 1.807) is 0 Å². The lowest BCUT2D eigenvalue weighted by Gasteiger charge is -2.25. The highest BCUT2D eigenvalue weighted by molar-refractivity contribution is 5.81. The van der Waals surface area contributed by atoms with Crippen molar-refractivity contribution in [3.63, 3.8) is 0 Å². The van der Waals surface area contributed by atoms with Gasteiger partial charge in [-0.25, -0.2) is 4.79 Å². The lowest BCUT2D eigenvalue weighted by Crippen LogP contribution is -2.28. The summed E-state index contributed by atoms with van der Waals surface area (Å²) in [6, 6.07) is 0. The van der Waals surface area contributed by atoms with Crippen LogP contribution in [0.4, 0.5) is 0 Å². The van der Waals surface area contributed by atoms with Crippen molar-refractivity contribution in [1.82, 2.24) is 0 Å². The quantitative estimate of drug-likeness (QED) is 0.383. The van der Waals surface area contributed by atoms with E-state index in [4.69, 9.17) is 4.74 Å². The first-order chi connectivity index (χ1) is 9.95. The van der Waals surface area contributed by atoms with Gasteiger partial charge in [0.2, 0.25) is 0 Å². The largest absolute Gasteiger partial charge is 0.456 e. The summed E-state index contributed by atoms with van der Waals surface area (Å²) < 4.78 is 9.66. The van der Waals surface area contributed by atoms with E-state index in [9.17, 15) is 9.59 Å². The van der Waals surface area contributed by atoms with Crippen LogP contribution in [-0.4, -0.2) is 17.5 Å². The topological polar surface area (TPSA) is 52.6 Å². The molecule has 21 heavy (non-hydrogen) atoms. The average Bonchev–Trinajstić information content (AvgIpc) is 3.20. The Labute approximate surface area is 128 Å². The molecule has 0 N–H and O–H groups in total. The molecule has 1 rings (SSSR count). The molecule has 0 aromatic rings. The van der Waals surface area contributed by atoms with Crippen LogP contribution in [0.3, 0.4) is 0 Å². The number of ether oxygens (including phenoxy) is 2. The first kappa shape index (κ1) is 19.4. The molecule has 0 amide bonds. The third kappa shape index (κ3) is 7.69. The number of carbonyl (C=O) groups excluding carboxylic acids is 2. The predicted octanol–water partition coefficient (Wildman–Crippen LogP) is 4.16. The molecule has 1 fully saturated rings. The second kappa shape index (κ2) is 10.2. The second-order valence-corrected chi connectivity index (χ2v) is 5.21. The molecule has 4 nitrogen and oxygen atoms in total. The van der Waals surface area contributed by atoms with Crippen molar-refractivity contribution < 1.29 is 19.1 Å². The molecule has 1 atom stereocenters. The monoisotopic (exact) mass is 296 g/mol. The van der Waals surface area contributed by atoms with Crippen LogP contribution in [0.1, 0.15) is 59.3 Å². The molecule has 0 saturated heterocycles. The van der Waals surface area contributed by atoms with Crippen LogP contribution in [0.25, 0.3) is 0 Å². The van der Waals surface area contributed by atoms with Gasteiger partial charge in [-0.3, -0.25) is 4.79 Å². The molecule has 1 unspecified atom stereocenters. The lowest BCUT2D eigenvalue weighted by molar-refractivity contribution is -0.148. The maximum Gasteiger partial charge on any atom is 0.330 e. The van der Waals surface area contributed by atoms with Crippen molar-refractivity contribution in [1.29, 1.82) is 0 Å². The van der Waals surface area contributed by atoms with Gasteiger partial charge >= 0.3 is 11.9 Å². The van der Waals surface area contributed by atoms with Crippen molar-refractivity contribution in [2.45, 2.75) is 64.9 Å². The summed E-state index contributed by atoms with van der Waals surface area (Å²) in [5.41, 5.74) is -0.130. The Hall–Kier alpha value is -1.58. The Morgan fingerprint density at radius 3 is 2.19 bits per heavy atom. The van der Waals surface area contributed by atoms with E-state index >= 15 is 0 Å². The van der Waals surface area contributed by atoms with Crippen molar-refractivity contribution in [2.75, 3.05) is 0 Å². The number of esters is 2. The minimum Gasteiger partial charge on any atom is -0.456 e. The molecule has 1 aliphatic rings. The number of carbonyl (C=O) groups is 2. The first-order valence-corrected chi connectivity index (χ1v) is 7.59. The van der Waals surface area contributed by atoms with E-state index in [2.05, 4.69) is 31.7 Å². The summed E-state index contributed by atoms with van der Waals surface area (Å²) in [5, 5.41) is 0. The smallest absolute Gasteiger partial charge is 0.330 e. The molecule has 120 valence electrons. The maximum absolute atomic E-state index is 11.2. The van der Waals surface area contributed by atoms with E-state index in [1.807, 2.05) is 0 Å². The van der Waals surface area contributed by atoms with E-state index in [-0.39, 0.29) is 17.5 Å². The van der Waals surface area contributed by atoms with Gasteiger partial charge in [-0.1, -0.05) is 39.8 Å². The fraction of sp³-hybridized carbons (Fsp3) is 0.647.